The molecule has 3 heteroatoms. The molecule has 0 spiro atoms. The van der Waals surface area contributed by atoms with Gasteiger partial charge in [-0.25, -0.2) is 0 Å². The molecule has 0 bridgehead atoms. The molecule has 0 saturated carbocycles. The van der Waals surface area contributed by atoms with Gasteiger partial charge in [0.15, 0.2) is 0 Å². The normalized spacial score (nSPS) is 15.3. The Kier molecular flexibility index (Phi) is 4.25. The first-order valence-corrected chi connectivity index (χ1v) is 6.81. The molecule has 1 aromatic carbocycles. The molecule has 0 radical (unpaired) electrons. The van der Waals surface area contributed by atoms with Gasteiger partial charge in [-0.05, 0) is 38.5 Å². The van der Waals surface area contributed by atoms with Crippen LogP contribution < -0.4 is 4.90 Å². The van der Waals surface area contributed by atoms with E-state index in [1.807, 2.05) is 18.7 Å². The molecule has 1 fully saturated rings. The third kappa shape index (κ3) is 3.60. The van der Waals surface area contributed by atoms with Crippen molar-refractivity contribution in [3.8, 4) is 0 Å². The second-order valence-electron chi connectivity index (χ2n) is 5.37. The lowest BCUT2D eigenvalue weighted by Gasteiger charge is -2.35. The lowest BCUT2D eigenvalue weighted by Crippen LogP contribution is -2.48. The van der Waals surface area contributed by atoms with Crippen molar-refractivity contribution in [1.29, 1.82) is 0 Å². The second kappa shape index (κ2) is 5.91. The minimum Gasteiger partial charge on any atom is -0.368 e. The van der Waals surface area contributed by atoms with Gasteiger partial charge in [-0.15, -0.1) is 0 Å². The predicted octanol–water partition coefficient (Wildman–Crippen LogP) is 2.61. The van der Waals surface area contributed by atoms with Gasteiger partial charge in [0.05, 0.1) is 0 Å². The monoisotopic (exact) mass is 258 g/mol. The van der Waals surface area contributed by atoms with Crippen molar-refractivity contribution in [3.05, 3.63) is 41.5 Å². The number of carbonyl (C=O) groups is 1. The fraction of sp³-hybridized carbons (Fsp3) is 0.438. The van der Waals surface area contributed by atoms with E-state index in [2.05, 4.69) is 36.1 Å². The van der Waals surface area contributed by atoms with Crippen molar-refractivity contribution in [3.63, 3.8) is 0 Å². The summed E-state index contributed by atoms with van der Waals surface area (Å²) in [7, 11) is 0. The predicted molar refractivity (Wildman–Crippen MR) is 79.4 cm³/mol. The zero-order valence-electron chi connectivity index (χ0n) is 12.0. The van der Waals surface area contributed by atoms with Gasteiger partial charge in [0.2, 0.25) is 5.91 Å². The van der Waals surface area contributed by atoms with Crippen LogP contribution in [-0.4, -0.2) is 37.0 Å². The molecule has 1 heterocycles. The van der Waals surface area contributed by atoms with E-state index in [1.54, 1.807) is 6.08 Å². The van der Waals surface area contributed by atoms with Gasteiger partial charge in [-0.2, -0.15) is 0 Å². The maximum atomic E-state index is 11.9. The van der Waals surface area contributed by atoms with Gasteiger partial charge in [0.25, 0.3) is 0 Å². The second-order valence-corrected chi connectivity index (χ2v) is 5.37. The van der Waals surface area contributed by atoms with Crippen molar-refractivity contribution in [1.82, 2.24) is 4.90 Å². The van der Waals surface area contributed by atoms with Crippen molar-refractivity contribution < 1.29 is 4.79 Å². The van der Waals surface area contributed by atoms with Crippen LogP contribution in [0.15, 0.2) is 35.9 Å². The summed E-state index contributed by atoms with van der Waals surface area (Å²) in [6.07, 6.45) is 1.72. The van der Waals surface area contributed by atoms with Crippen molar-refractivity contribution >= 4 is 11.6 Å². The Bertz CT molecular complexity index is 481. The summed E-state index contributed by atoms with van der Waals surface area (Å²) in [6, 6.07) is 8.54. The van der Waals surface area contributed by atoms with Gasteiger partial charge >= 0.3 is 0 Å². The highest BCUT2D eigenvalue weighted by atomic mass is 16.2. The van der Waals surface area contributed by atoms with Gasteiger partial charge < -0.3 is 9.80 Å². The maximum absolute atomic E-state index is 11.9. The van der Waals surface area contributed by atoms with Crippen molar-refractivity contribution in [2.24, 2.45) is 0 Å². The molecule has 1 amide bonds. The topological polar surface area (TPSA) is 23.6 Å². The largest absolute Gasteiger partial charge is 0.368 e. The van der Waals surface area contributed by atoms with E-state index in [0.29, 0.717) is 0 Å². The maximum Gasteiger partial charge on any atom is 0.246 e. The average Bonchev–Trinajstić information content (AvgIpc) is 2.38. The number of amides is 1. The lowest BCUT2D eigenvalue weighted by molar-refractivity contribution is -0.126. The molecule has 1 saturated heterocycles. The Labute approximate surface area is 115 Å². The number of nitrogens with zero attached hydrogens (tertiary/aromatic N) is 2. The van der Waals surface area contributed by atoms with Crippen LogP contribution in [0.1, 0.15) is 19.4 Å². The summed E-state index contributed by atoms with van der Waals surface area (Å²) in [5.41, 5.74) is 3.60. The molecule has 0 aromatic heterocycles. The van der Waals surface area contributed by atoms with E-state index < -0.39 is 0 Å². The lowest BCUT2D eigenvalue weighted by atomic mass is 10.2. The Morgan fingerprint density at radius 3 is 2.42 bits per heavy atom. The summed E-state index contributed by atoms with van der Waals surface area (Å²) >= 11 is 0. The Hall–Kier alpha value is -1.77. The van der Waals surface area contributed by atoms with Crippen molar-refractivity contribution in [2.45, 2.75) is 20.8 Å². The third-order valence-electron chi connectivity index (χ3n) is 3.37. The first-order chi connectivity index (χ1) is 9.06. The zero-order valence-corrected chi connectivity index (χ0v) is 12.0. The number of rotatable bonds is 2. The molecule has 19 heavy (non-hydrogen) atoms. The first kappa shape index (κ1) is 13.7. The number of aryl methyl sites for hydroxylation is 1. The van der Waals surface area contributed by atoms with Crippen LogP contribution in [0.25, 0.3) is 0 Å². The molecule has 1 aromatic rings. The highest BCUT2D eigenvalue weighted by Crippen LogP contribution is 2.17. The zero-order chi connectivity index (χ0) is 13.8. The smallest absolute Gasteiger partial charge is 0.246 e. The average molecular weight is 258 g/mol. The van der Waals surface area contributed by atoms with Gasteiger partial charge in [-0.1, -0.05) is 17.7 Å². The van der Waals surface area contributed by atoms with Crippen LogP contribution >= 0.6 is 0 Å². The summed E-state index contributed by atoms with van der Waals surface area (Å²) < 4.78 is 0. The summed E-state index contributed by atoms with van der Waals surface area (Å²) in [6.45, 7) is 9.45. The molecule has 3 nitrogen and oxygen atoms in total. The SMILES string of the molecule is CC(C)=CC(=O)N1CCN(c2cccc(C)c2)CC1. The minimum atomic E-state index is 0.142. The van der Waals surface area contributed by atoms with Crippen LogP contribution in [0.3, 0.4) is 0 Å². The Balaban J connectivity index is 1.96. The Morgan fingerprint density at radius 1 is 1.16 bits per heavy atom. The van der Waals surface area contributed by atoms with Crippen LogP contribution in [0.4, 0.5) is 5.69 Å². The molecular weight excluding hydrogens is 236 g/mol. The van der Waals surface area contributed by atoms with E-state index in [9.17, 15) is 4.79 Å². The number of anilines is 1. The molecule has 0 aliphatic carbocycles. The number of hydrogen-bond acceptors (Lipinski definition) is 2. The molecule has 0 unspecified atom stereocenters. The highest BCUT2D eigenvalue weighted by molar-refractivity contribution is 5.88. The number of benzene rings is 1. The quantitative estimate of drug-likeness (QED) is 0.761. The molecule has 0 N–H and O–H groups in total. The summed E-state index contributed by atoms with van der Waals surface area (Å²) in [5.74, 6) is 0.142. The fourth-order valence-electron chi connectivity index (χ4n) is 2.35. The van der Waals surface area contributed by atoms with E-state index in [1.165, 1.54) is 11.3 Å². The number of hydrogen-bond donors (Lipinski definition) is 0. The van der Waals surface area contributed by atoms with E-state index in [0.717, 1.165) is 31.8 Å². The van der Waals surface area contributed by atoms with Crippen molar-refractivity contribution in [2.75, 3.05) is 31.1 Å². The number of allylic oxidation sites excluding steroid dienone is 1. The molecule has 2 rings (SSSR count). The molecule has 1 aliphatic rings. The van der Waals surface area contributed by atoms with E-state index in [-0.39, 0.29) is 5.91 Å². The van der Waals surface area contributed by atoms with Gasteiger partial charge in [-0.3, -0.25) is 4.79 Å². The standard InChI is InChI=1S/C16H22N2O/c1-13(2)11-16(19)18-9-7-17(8-10-18)15-6-4-5-14(3)12-15/h4-6,11-12H,7-10H2,1-3H3. The van der Waals surface area contributed by atoms with Crippen LogP contribution in [-0.2, 0) is 4.79 Å². The Morgan fingerprint density at radius 2 is 1.84 bits per heavy atom. The number of carbonyl (C=O) groups excluding carboxylic acids is 1. The van der Waals surface area contributed by atoms with Crippen LogP contribution in [0.5, 0.6) is 0 Å². The van der Waals surface area contributed by atoms with E-state index in [4.69, 9.17) is 0 Å². The van der Waals surface area contributed by atoms with Gasteiger partial charge in [0, 0.05) is 37.9 Å². The molecular formula is C16H22N2O. The summed E-state index contributed by atoms with van der Waals surface area (Å²) in [5, 5.41) is 0. The molecule has 0 atom stereocenters. The molecule has 1 aliphatic heterocycles. The summed E-state index contributed by atoms with van der Waals surface area (Å²) in [4.78, 5) is 16.2. The van der Waals surface area contributed by atoms with Gasteiger partial charge in [0.1, 0.15) is 0 Å². The first-order valence-electron chi connectivity index (χ1n) is 6.81. The third-order valence-corrected chi connectivity index (χ3v) is 3.37. The highest BCUT2D eigenvalue weighted by Gasteiger charge is 2.19. The fourth-order valence-corrected chi connectivity index (χ4v) is 2.35. The number of piperazine rings is 1. The van der Waals surface area contributed by atoms with Crippen LogP contribution in [0, 0.1) is 6.92 Å². The molecule has 102 valence electrons. The van der Waals surface area contributed by atoms with Crippen LogP contribution in [0.2, 0.25) is 0 Å². The van der Waals surface area contributed by atoms with E-state index >= 15 is 0 Å². The minimum absolute atomic E-state index is 0.142.